The molecule has 23 heavy (non-hydrogen) atoms. The van der Waals surface area contributed by atoms with Gasteiger partial charge in [0.05, 0.1) is 17.5 Å². The first kappa shape index (κ1) is 15.4. The Hall–Kier alpha value is -2.53. The number of benzene rings is 2. The minimum Gasteiger partial charge on any atom is -0.326 e. The molecule has 1 aromatic heterocycles. The first-order valence-corrected chi connectivity index (χ1v) is 7.53. The summed E-state index contributed by atoms with van der Waals surface area (Å²) >= 11 is 5.92. The lowest BCUT2D eigenvalue weighted by atomic mass is 10.1. The molecule has 0 aliphatic rings. The van der Waals surface area contributed by atoms with E-state index in [1.54, 1.807) is 47.5 Å². The van der Waals surface area contributed by atoms with Crippen LogP contribution >= 0.6 is 11.6 Å². The molecule has 0 atom stereocenters. The summed E-state index contributed by atoms with van der Waals surface area (Å²) < 4.78 is 3.13. The molecule has 5 nitrogen and oxygen atoms in total. The maximum Gasteiger partial charge on any atom is 0.328 e. The number of nitrogens with one attached hydrogen (secondary N) is 1. The lowest BCUT2D eigenvalue weighted by Gasteiger charge is -2.06. The smallest absolute Gasteiger partial charge is 0.326 e. The molecule has 0 saturated carbocycles. The van der Waals surface area contributed by atoms with E-state index < -0.39 is 0 Å². The van der Waals surface area contributed by atoms with Gasteiger partial charge in [0.1, 0.15) is 0 Å². The number of rotatable bonds is 3. The molecule has 1 heterocycles. The van der Waals surface area contributed by atoms with Crippen LogP contribution in [0.25, 0.3) is 11.0 Å². The molecule has 2 aromatic carbocycles. The van der Waals surface area contributed by atoms with Crippen LogP contribution < -0.4 is 11.0 Å². The molecule has 0 fully saturated rings. The van der Waals surface area contributed by atoms with Crippen molar-refractivity contribution in [3.05, 3.63) is 63.5 Å². The Labute approximate surface area is 138 Å². The van der Waals surface area contributed by atoms with Gasteiger partial charge in [-0.2, -0.15) is 0 Å². The fourth-order valence-corrected chi connectivity index (χ4v) is 2.83. The zero-order valence-electron chi connectivity index (χ0n) is 12.8. The lowest BCUT2D eigenvalue weighted by molar-refractivity contribution is -0.115. The van der Waals surface area contributed by atoms with Crippen molar-refractivity contribution >= 4 is 34.2 Å². The van der Waals surface area contributed by atoms with E-state index in [1.807, 2.05) is 18.2 Å². The van der Waals surface area contributed by atoms with E-state index in [1.165, 1.54) is 0 Å². The molecule has 0 saturated heterocycles. The third-order valence-electron chi connectivity index (χ3n) is 3.81. The second kappa shape index (κ2) is 5.93. The number of anilines is 1. The van der Waals surface area contributed by atoms with Crippen LogP contribution in [0.5, 0.6) is 0 Å². The first-order chi connectivity index (χ1) is 11.0. The van der Waals surface area contributed by atoms with E-state index in [0.717, 1.165) is 16.6 Å². The predicted octanol–water partition coefficient (Wildman–Crippen LogP) is 2.71. The van der Waals surface area contributed by atoms with Crippen LogP contribution in [0.1, 0.15) is 5.56 Å². The van der Waals surface area contributed by atoms with Crippen LogP contribution in [0.15, 0.2) is 47.3 Å². The summed E-state index contributed by atoms with van der Waals surface area (Å²) in [6, 6.07) is 12.6. The number of imidazole rings is 1. The van der Waals surface area contributed by atoms with Crippen molar-refractivity contribution in [2.45, 2.75) is 6.42 Å². The van der Waals surface area contributed by atoms with E-state index in [0.29, 0.717) is 10.7 Å². The van der Waals surface area contributed by atoms with Crippen molar-refractivity contribution in [1.82, 2.24) is 9.13 Å². The Morgan fingerprint density at radius 3 is 2.57 bits per heavy atom. The highest BCUT2D eigenvalue weighted by Crippen LogP contribution is 2.18. The molecule has 0 bridgehead atoms. The zero-order chi connectivity index (χ0) is 16.6. The predicted molar refractivity (Wildman–Crippen MR) is 91.9 cm³/mol. The number of fused-ring (bicyclic) bond motifs is 1. The second-order valence-electron chi connectivity index (χ2n) is 5.46. The zero-order valence-corrected chi connectivity index (χ0v) is 13.6. The molecular formula is C17H16ClN3O2. The topological polar surface area (TPSA) is 56.0 Å². The molecule has 3 aromatic rings. The minimum atomic E-state index is -0.132. The average molecular weight is 330 g/mol. The summed E-state index contributed by atoms with van der Waals surface area (Å²) in [5, 5.41) is 3.46. The summed E-state index contributed by atoms with van der Waals surface area (Å²) in [4.78, 5) is 24.1. The number of aryl methyl sites for hydroxylation is 2. The van der Waals surface area contributed by atoms with Gasteiger partial charge in [-0.25, -0.2) is 4.79 Å². The maximum atomic E-state index is 12.2. The number of hydrogen-bond acceptors (Lipinski definition) is 2. The molecule has 3 rings (SSSR count). The Kier molecular flexibility index (Phi) is 3.96. The maximum absolute atomic E-state index is 12.2. The van der Waals surface area contributed by atoms with Crippen molar-refractivity contribution in [2.75, 3.05) is 5.32 Å². The lowest BCUT2D eigenvalue weighted by Crippen LogP contribution is -2.19. The van der Waals surface area contributed by atoms with E-state index in [-0.39, 0.29) is 18.0 Å². The second-order valence-corrected chi connectivity index (χ2v) is 5.90. The normalized spacial score (nSPS) is 10.9. The first-order valence-electron chi connectivity index (χ1n) is 7.15. The Morgan fingerprint density at radius 2 is 1.83 bits per heavy atom. The van der Waals surface area contributed by atoms with Crippen molar-refractivity contribution in [2.24, 2.45) is 14.1 Å². The van der Waals surface area contributed by atoms with Crippen molar-refractivity contribution in [1.29, 1.82) is 0 Å². The van der Waals surface area contributed by atoms with Gasteiger partial charge in [0.25, 0.3) is 0 Å². The number of aromatic nitrogens is 2. The summed E-state index contributed by atoms with van der Waals surface area (Å²) in [6.07, 6.45) is 0.242. The number of hydrogen-bond donors (Lipinski definition) is 1. The van der Waals surface area contributed by atoms with Crippen LogP contribution in [0.4, 0.5) is 5.69 Å². The molecule has 0 aliphatic heterocycles. The average Bonchev–Trinajstić information content (AvgIpc) is 2.72. The van der Waals surface area contributed by atoms with E-state index in [4.69, 9.17) is 11.6 Å². The van der Waals surface area contributed by atoms with Crippen LogP contribution in [0.2, 0.25) is 5.02 Å². The largest absolute Gasteiger partial charge is 0.328 e. The van der Waals surface area contributed by atoms with Crippen LogP contribution in [0.3, 0.4) is 0 Å². The van der Waals surface area contributed by atoms with Gasteiger partial charge in [0.15, 0.2) is 0 Å². The van der Waals surface area contributed by atoms with Crippen LogP contribution in [0, 0.1) is 0 Å². The number of amides is 1. The third-order valence-corrected chi connectivity index (χ3v) is 4.04. The van der Waals surface area contributed by atoms with Gasteiger partial charge in [-0.3, -0.25) is 13.9 Å². The van der Waals surface area contributed by atoms with Crippen molar-refractivity contribution < 1.29 is 4.79 Å². The molecule has 1 amide bonds. The minimum absolute atomic E-state index is 0.0950. The Bertz CT molecular complexity index is 956. The van der Waals surface area contributed by atoms with E-state index in [2.05, 4.69) is 5.32 Å². The van der Waals surface area contributed by atoms with Crippen molar-refractivity contribution in [3.8, 4) is 0 Å². The van der Waals surface area contributed by atoms with Gasteiger partial charge in [-0.05, 0) is 35.9 Å². The van der Waals surface area contributed by atoms with Crippen LogP contribution in [-0.4, -0.2) is 15.0 Å². The van der Waals surface area contributed by atoms with Gasteiger partial charge < -0.3 is 5.32 Å². The standard InChI is InChI=1S/C17H16ClN3O2/c1-20-14-7-6-13(10-15(14)21(2)17(20)23)19-16(22)9-11-4-3-5-12(18)8-11/h3-8,10H,9H2,1-2H3,(H,19,22). The van der Waals surface area contributed by atoms with Gasteiger partial charge in [0, 0.05) is 24.8 Å². The molecule has 0 radical (unpaired) electrons. The quantitative estimate of drug-likeness (QED) is 0.803. The fraction of sp³-hybridized carbons (Fsp3) is 0.176. The van der Waals surface area contributed by atoms with Gasteiger partial charge in [0.2, 0.25) is 5.91 Å². The molecule has 6 heteroatoms. The highest BCUT2D eigenvalue weighted by atomic mass is 35.5. The molecule has 0 spiro atoms. The monoisotopic (exact) mass is 329 g/mol. The van der Waals surface area contributed by atoms with Gasteiger partial charge in [-0.1, -0.05) is 23.7 Å². The van der Waals surface area contributed by atoms with Crippen molar-refractivity contribution in [3.63, 3.8) is 0 Å². The summed E-state index contributed by atoms with van der Waals surface area (Å²) in [5.41, 5.74) is 3.01. The highest BCUT2D eigenvalue weighted by Gasteiger charge is 2.10. The fourth-order valence-electron chi connectivity index (χ4n) is 2.62. The third kappa shape index (κ3) is 3.00. The Balaban J connectivity index is 1.82. The van der Waals surface area contributed by atoms with E-state index >= 15 is 0 Å². The summed E-state index contributed by atoms with van der Waals surface area (Å²) in [5.74, 6) is -0.132. The van der Waals surface area contributed by atoms with Gasteiger partial charge in [-0.15, -0.1) is 0 Å². The Morgan fingerprint density at radius 1 is 1.09 bits per heavy atom. The van der Waals surface area contributed by atoms with Gasteiger partial charge >= 0.3 is 5.69 Å². The van der Waals surface area contributed by atoms with E-state index in [9.17, 15) is 9.59 Å². The summed E-state index contributed by atoms with van der Waals surface area (Å²) in [6.45, 7) is 0. The number of carbonyl (C=O) groups excluding carboxylic acids is 1. The number of halogens is 1. The SMILES string of the molecule is Cn1c(=O)n(C)c2cc(NC(=O)Cc3cccc(Cl)c3)ccc21. The number of nitrogens with zero attached hydrogens (tertiary/aromatic N) is 2. The van der Waals surface area contributed by atoms with Crippen LogP contribution in [-0.2, 0) is 25.3 Å². The molecule has 118 valence electrons. The molecule has 0 unspecified atom stereocenters. The summed E-state index contributed by atoms with van der Waals surface area (Å²) in [7, 11) is 3.43. The molecule has 0 aliphatic carbocycles. The number of carbonyl (C=O) groups is 1. The highest BCUT2D eigenvalue weighted by molar-refractivity contribution is 6.30. The molecule has 1 N–H and O–H groups in total. The molecular weight excluding hydrogens is 314 g/mol.